The van der Waals surface area contributed by atoms with Crippen molar-refractivity contribution in [2.45, 2.75) is 57.2 Å². The van der Waals surface area contributed by atoms with Gasteiger partial charge in [0.1, 0.15) is 54.1 Å². The van der Waals surface area contributed by atoms with E-state index >= 15 is 4.39 Å². The molecule has 1 aliphatic heterocycles. The number of carbonyl (C=O) groups excluding carboxylic acids is 1. The average Bonchev–Trinajstić information content (AvgIpc) is 4.06. The maximum atomic E-state index is 16.4. The number of aromatic amines is 1. The van der Waals surface area contributed by atoms with Crippen LogP contribution in [-0.4, -0.2) is 109 Å². The van der Waals surface area contributed by atoms with E-state index in [1.54, 1.807) is 38.8 Å². The van der Waals surface area contributed by atoms with Crippen LogP contribution >= 0.6 is 15.0 Å². The van der Waals surface area contributed by atoms with Crippen LogP contribution in [0.2, 0.25) is 0 Å². The predicted molar refractivity (Wildman–Crippen MR) is 261 cm³/mol. The third kappa shape index (κ3) is 11.3. The van der Waals surface area contributed by atoms with Crippen LogP contribution in [0.4, 0.5) is 10.3 Å². The van der Waals surface area contributed by atoms with Gasteiger partial charge in [-0.1, -0.05) is 68.4 Å². The quantitative estimate of drug-likeness (QED) is 0.0266. The van der Waals surface area contributed by atoms with Gasteiger partial charge in [0.25, 0.3) is 5.56 Å². The van der Waals surface area contributed by atoms with Gasteiger partial charge in [0.2, 0.25) is 18.4 Å². The Morgan fingerprint density at radius 3 is 2.29 bits per heavy atom. The largest absolute Gasteiger partial charge is 0.695 e. The topological polar surface area (TPSA) is 252 Å². The molecule has 5 heterocycles. The number of carbonyl (C=O) groups is 1. The summed E-state index contributed by atoms with van der Waals surface area (Å²) in [4.78, 5) is 62.9. The zero-order valence-corrected chi connectivity index (χ0v) is 41.7. The molecule has 0 radical (unpaired) electrons. The Hall–Kier alpha value is -6.48. The highest BCUT2D eigenvalue weighted by molar-refractivity contribution is 8.07. The summed E-state index contributed by atoms with van der Waals surface area (Å²) in [5, 5.41) is 2.50. The molecule has 7 aromatic rings. The Balaban J connectivity index is 1.05. The van der Waals surface area contributed by atoms with Crippen molar-refractivity contribution in [2.75, 3.05) is 45.9 Å². The van der Waals surface area contributed by atoms with E-state index in [9.17, 15) is 19.0 Å². The molecule has 8 rings (SSSR count). The van der Waals surface area contributed by atoms with Crippen molar-refractivity contribution < 1.29 is 55.7 Å². The zero-order chi connectivity index (χ0) is 51.0. The second-order valence-electron chi connectivity index (χ2n) is 16.2. The normalized spacial score (nSPS) is 18.0. The van der Waals surface area contributed by atoms with Gasteiger partial charge in [0, 0.05) is 17.0 Å². The smallest absolute Gasteiger partial charge is 0.497 e. The Morgan fingerprint density at radius 1 is 0.986 bits per heavy atom. The van der Waals surface area contributed by atoms with Gasteiger partial charge in [0.05, 0.1) is 40.0 Å². The predicted octanol–water partition coefficient (Wildman–Crippen LogP) is 6.54. The highest BCUT2D eigenvalue weighted by Gasteiger charge is 2.52. The number of fused-ring (bicyclic) bond motifs is 2. The van der Waals surface area contributed by atoms with E-state index in [-0.39, 0.29) is 50.0 Å². The number of methoxy groups -OCH3 is 2. The number of alkyl halides is 1. The van der Waals surface area contributed by atoms with Gasteiger partial charge in [-0.15, -0.1) is 9.42 Å². The summed E-state index contributed by atoms with van der Waals surface area (Å²) < 4.78 is 78.8. The first kappa shape index (κ1) is 51.9. The van der Waals surface area contributed by atoms with Gasteiger partial charge in [-0.3, -0.25) is 24.5 Å². The SMILES string of the molecule is [C-]#[N+]CCOP(=S)(OCCn1c(COC(c2ccccc2)(c2ccc(OC)cc2)c2ccc(OC)cc2)nc2cncnc21)OC[C@H]1O[C@@H](n2cnc3c(=O)[nH]c(NC(=O)C(C)C)nc32)[C@H](O[P+](=O)O)[C@H]1F. The van der Waals surface area contributed by atoms with E-state index < -0.39 is 69.2 Å². The number of nitrogens with zero attached hydrogens (tertiary/aromatic N) is 8. The van der Waals surface area contributed by atoms with E-state index in [1.165, 1.54) is 6.33 Å². The minimum atomic E-state index is -3.84. The van der Waals surface area contributed by atoms with E-state index in [0.717, 1.165) is 27.6 Å². The van der Waals surface area contributed by atoms with Crippen molar-refractivity contribution in [3.8, 4) is 11.5 Å². The maximum absolute atomic E-state index is 16.4. The average molecular weight is 1050 g/mol. The number of hydrogen-bond donors (Lipinski definition) is 3. The van der Waals surface area contributed by atoms with E-state index in [0.29, 0.717) is 28.5 Å². The van der Waals surface area contributed by atoms with Gasteiger partial charge >= 0.3 is 15.0 Å². The molecule has 1 fully saturated rings. The zero-order valence-electron chi connectivity index (χ0n) is 39.1. The summed E-state index contributed by atoms with van der Waals surface area (Å²) in [6, 6.07) is 24.9. The van der Waals surface area contributed by atoms with Crippen molar-refractivity contribution in [2.24, 2.45) is 5.92 Å². The molecule has 0 bridgehead atoms. The second-order valence-corrected chi connectivity index (χ2v) is 19.9. The molecule has 0 spiro atoms. The van der Waals surface area contributed by atoms with Crippen molar-refractivity contribution in [3.63, 3.8) is 0 Å². The number of anilines is 1. The van der Waals surface area contributed by atoms with Gasteiger partial charge in [-0.2, -0.15) is 4.98 Å². The van der Waals surface area contributed by atoms with Gasteiger partial charge in [-0.05, 0) is 52.8 Å². The summed E-state index contributed by atoms with van der Waals surface area (Å²) in [5.41, 5.74) is 1.05. The Kier molecular flexibility index (Phi) is 16.5. The number of halogens is 1. The number of H-pyrrole nitrogens is 1. The lowest BCUT2D eigenvalue weighted by atomic mass is 9.80. The summed E-state index contributed by atoms with van der Waals surface area (Å²) >= 11 is 5.82. The first-order chi connectivity index (χ1) is 34.8. The lowest BCUT2D eigenvalue weighted by Crippen LogP contribution is -2.33. The third-order valence-corrected chi connectivity index (χ3v) is 14.3. The molecule has 4 aromatic heterocycles. The first-order valence-electron chi connectivity index (χ1n) is 22.2. The molecule has 6 atom stereocenters. The molecule has 1 aliphatic rings. The molecular weight excluding hydrogens is 998 g/mol. The monoisotopic (exact) mass is 1050 g/mol. The van der Waals surface area contributed by atoms with Crippen LogP contribution in [0, 0.1) is 12.5 Å². The van der Waals surface area contributed by atoms with Gasteiger partial charge < -0.3 is 41.9 Å². The van der Waals surface area contributed by atoms with Crippen LogP contribution in [-0.2, 0) is 67.5 Å². The number of rotatable bonds is 23. The fraction of sp³-hybridized carbons (Fsp3) is 0.348. The molecular formula is C46H48FN10O12P2S+. The number of imidazole rings is 2. The minimum absolute atomic E-state index is 0.0657. The van der Waals surface area contributed by atoms with Crippen LogP contribution in [0.15, 0.2) is 103 Å². The van der Waals surface area contributed by atoms with Gasteiger partial charge in [0.15, 0.2) is 35.3 Å². The summed E-state index contributed by atoms with van der Waals surface area (Å²) in [6.07, 6.45) is -2.87. The van der Waals surface area contributed by atoms with Crippen molar-refractivity contribution >= 4 is 61.0 Å². The Labute approximate surface area is 416 Å². The molecule has 1 saturated heterocycles. The molecule has 72 heavy (non-hydrogen) atoms. The fourth-order valence-electron chi connectivity index (χ4n) is 7.94. The Morgan fingerprint density at radius 2 is 1.65 bits per heavy atom. The molecule has 26 heteroatoms. The highest BCUT2D eigenvalue weighted by atomic mass is 32.5. The molecule has 22 nitrogen and oxygen atoms in total. The lowest BCUT2D eigenvalue weighted by Gasteiger charge is -2.36. The maximum Gasteiger partial charge on any atom is 0.695 e. The van der Waals surface area contributed by atoms with E-state index in [2.05, 4.69) is 35.1 Å². The number of aromatic nitrogens is 8. The standard InChI is InChI=1S/C46H47FN10O12P2S/c1-28(2)42(58)54-45-53-41-38(43(59)55-45)51-27-57(41)44-39(69-70(60)61)37(47)35(68-44)24-67-71(72,65-21-19-48-3)66-22-20-56-36(52-34-23-49-26-50-40(34)56)25-64-46(29-9-7-6-8-10-29,30-11-15-32(62-4)16-12-30)31-13-17-33(63-5)18-14-31/h6-18,23,26-28,35,37,39,44H,19-22,24-25H2,1-2,4-5H3,(H2-,53,54,55,58,59,60,61)/p+1/t35-,37+,39-,44-,71?/m1/s1. The van der Waals surface area contributed by atoms with Crippen LogP contribution in [0.5, 0.6) is 11.5 Å². The number of amides is 1. The molecule has 3 aromatic carbocycles. The number of hydrogen-bond acceptors (Lipinski definition) is 17. The van der Waals surface area contributed by atoms with Crippen molar-refractivity contribution in [1.82, 2.24) is 39.0 Å². The number of benzene rings is 3. The molecule has 0 saturated carbocycles. The number of ether oxygens (including phenoxy) is 4. The van der Waals surface area contributed by atoms with Crippen molar-refractivity contribution in [3.05, 3.63) is 142 Å². The number of nitrogens with one attached hydrogen (secondary N) is 2. The summed E-state index contributed by atoms with van der Waals surface area (Å²) in [6.45, 7) is 5.66. The van der Waals surface area contributed by atoms with E-state index in [1.807, 2.05) is 78.9 Å². The van der Waals surface area contributed by atoms with Crippen LogP contribution in [0.1, 0.15) is 42.6 Å². The lowest BCUT2D eigenvalue weighted by molar-refractivity contribution is -0.118. The highest BCUT2D eigenvalue weighted by Crippen LogP contribution is 2.51. The molecule has 2 unspecified atom stereocenters. The van der Waals surface area contributed by atoms with Crippen LogP contribution in [0.25, 0.3) is 27.2 Å². The van der Waals surface area contributed by atoms with Gasteiger partial charge in [-0.25, -0.2) is 30.9 Å². The molecule has 3 N–H and O–H groups in total. The Bertz CT molecular complexity index is 3130. The van der Waals surface area contributed by atoms with E-state index in [4.69, 9.17) is 60.4 Å². The minimum Gasteiger partial charge on any atom is -0.497 e. The van der Waals surface area contributed by atoms with Crippen LogP contribution < -0.4 is 20.3 Å². The summed E-state index contributed by atoms with van der Waals surface area (Å²) in [7, 11) is -0.194. The summed E-state index contributed by atoms with van der Waals surface area (Å²) in [5.74, 6) is 0.623. The molecule has 376 valence electrons. The molecule has 1 amide bonds. The molecule has 0 aliphatic carbocycles. The fourth-order valence-corrected chi connectivity index (χ4v) is 10.2. The van der Waals surface area contributed by atoms with Crippen molar-refractivity contribution in [1.29, 1.82) is 0 Å². The first-order valence-corrected chi connectivity index (χ1v) is 25.9. The second kappa shape index (κ2) is 22.9. The third-order valence-electron chi connectivity index (χ3n) is 11.4. The van der Waals surface area contributed by atoms with Crippen LogP contribution in [0.3, 0.4) is 0 Å².